The van der Waals surface area contributed by atoms with Crippen LogP contribution in [0.2, 0.25) is 5.02 Å². The van der Waals surface area contributed by atoms with Crippen LogP contribution in [0.25, 0.3) is 0 Å². The number of halogens is 1. The van der Waals surface area contributed by atoms with Gasteiger partial charge in [0.1, 0.15) is 11.8 Å². The largest absolute Gasteiger partial charge is 0.495 e. The lowest BCUT2D eigenvalue weighted by Crippen LogP contribution is -2.29. The van der Waals surface area contributed by atoms with Crippen molar-refractivity contribution in [2.24, 2.45) is 5.92 Å². The number of rotatable bonds is 2. The fourth-order valence-electron chi connectivity index (χ4n) is 2.15. The number of hydrogen-bond acceptors (Lipinski definition) is 4. The summed E-state index contributed by atoms with van der Waals surface area (Å²) >= 11 is 6.04. The quantitative estimate of drug-likeness (QED) is 0.772. The van der Waals surface area contributed by atoms with Crippen LogP contribution >= 0.6 is 11.6 Å². The smallest absolute Gasteiger partial charge is 0.308 e. The summed E-state index contributed by atoms with van der Waals surface area (Å²) in [6.45, 7) is 1.81. The number of carbonyl (C=O) groups excluding carboxylic acids is 1. The van der Waals surface area contributed by atoms with Gasteiger partial charge in [0, 0.05) is 11.5 Å². The molecule has 5 heteroatoms. The molecule has 2 atom stereocenters. The van der Waals surface area contributed by atoms with Crippen LogP contribution in [0.5, 0.6) is 5.75 Å². The molecule has 1 fully saturated rings. The summed E-state index contributed by atoms with van der Waals surface area (Å²) in [4.78, 5) is 11.4. The molecule has 94 valence electrons. The van der Waals surface area contributed by atoms with Gasteiger partial charge in [-0.05, 0) is 12.1 Å². The van der Waals surface area contributed by atoms with E-state index in [0.717, 1.165) is 0 Å². The van der Waals surface area contributed by atoms with Crippen LogP contribution in [-0.2, 0) is 15.1 Å². The number of benzene rings is 1. The highest BCUT2D eigenvalue weighted by molar-refractivity contribution is 6.32. The molecule has 4 nitrogen and oxygen atoms in total. The molecule has 1 aromatic rings. The first-order valence-corrected chi connectivity index (χ1v) is 5.88. The van der Waals surface area contributed by atoms with Crippen molar-refractivity contribution in [3.8, 4) is 11.8 Å². The van der Waals surface area contributed by atoms with Crippen LogP contribution in [0, 0.1) is 17.2 Å². The molecule has 0 N–H and O–H groups in total. The van der Waals surface area contributed by atoms with Gasteiger partial charge in [-0.25, -0.2) is 0 Å². The Balaban J connectivity index is 2.50. The monoisotopic (exact) mass is 265 g/mol. The maximum Gasteiger partial charge on any atom is 0.308 e. The van der Waals surface area contributed by atoms with Gasteiger partial charge in [-0.2, -0.15) is 5.26 Å². The zero-order valence-corrected chi connectivity index (χ0v) is 10.8. The second-order valence-electron chi connectivity index (χ2n) is 4.28. The van der Waals surface area contributed by atoms with E-state index in [0.29, 0.717) is 16.3 Å². The zero-order valence-electron chi connectivity index (χ0n) is 10.1. The second-order valence-corrected chi connectivity index (χ2v) is 4.68. The molecule has 0 aliphatic carbocycles. The Morgan fingerprint density at radius 2 is 2.33 bits per heavy atom. The Labute approximate surface area is 110 Å². The molecule has 1 aromatic carbocycles. The van der Waals surface area contributed by atoms with Gasteiger partial charge in [0.25, 0.3) is 0 Å². The average molecular weight is 266 g/mol. The molecule has 1 aliphatic rings. The van der Waals surface area contributed by atoms with E-state index >= 15 is 0 Å². The standard InChI is InChI=1S/C13H12ClNO3/c1-8-5-12(16)18-13(8,7-15)9-3-4-11(17-2)10(14)6-9/h3-4,6,8H,5H2,1-2H3. The van der Waals surface area contributed by atoms with Crippen LogP contribution < -0.4 is 4.74 Å². The zero-order chi connectivity index (χ0) is 13.3. The molecule has 2 rings (SSSR count). The molecule has 0 aromatic heterocycles. The van der Waals surface area contributed by atoms with Crippen LogP contribution in [0.3, 0.4) is 0 Å². The third-order valence-corrected chi connectivity index (χ3v) is 3.48. The normalized spacial score (nSPS) is 26.6. The molecule has 1 aliphatic heterocycles. The number of ether oxygens (including phenoxy) is 2. The topological polar surface area (TPSA) is 59.3 Å². The number of cyclic esters (lactones) is 1. The molecule has 1 heterocycles. The molecule has 2 unspecified atom stereocenters. The van der Waals surface area contributed by atoms with E-state index in [1.165, 1.54) is 7.11 Å². The molecular formula is C13H12ClNO3. The van der Waals surface area contributed by atoms with Crippen molar-refractivity contribution in [3.05, 3.63) is 28.8 Å². The molecule has 0 bridgehead atoms. The van der Waals surface area contributed by atoms with Crippen molar-refractivity contribution >= 4 is 17.6 Å². The van der Waals surface area contributed by atoms with E-state index in [4.69, 9.17) is 21.1 Å². The van der Waals surface area contributed by atoms with Crippen molar-refractivity contribution in [3.63, 3.8) is 0 Å². The predicted molar refractivity (Wildman–Crippen MR) is 65.2 cm³/mol. The van der Waals surface area contributed by atoms with E-state index in [1.54, 1.807) is 18.2 Å². The third kappa shape index (κ3) is 1.81. The molecule has 0 amide bonds. The fraction of sp³-hybridized carbons (Fsp3) is 0.385. The van der Waals surface area contributed by atoms with E-state index in [9.17, 15) is 10.1 Å². The summed E-state index contributed by atoms with van der Waals surface area (Å²) < 4.78 is 10.3. The van der Waals surface area contributed by atoms with Gasteiger partial charge in [0.05, 0.1) is 18.6 Å². The van der Waals surface area contributed by atoms with Crippen molar-refractivity contribution in [2.75, 3.05) is 7.11 Å². The second kappa shape index (κ2) is 4.51. The first kappa shape index (κ1) is 12.7. The summed E-state index contributed by atoms with van der Waals surface area (Å²) in [5, 5.41) is 9.76. The number of carbonyl (C=O) groups is 1. The van der Waals surface area contributed by atoms with Crippen LogP contribution in [-0.4, -0.2) is 13.1 Å². The lowest BCUT2D eigenvalue weighted by molar-refractivity contribution is -0.145. The third-order valence-electron chi connectivity index (χ3n) is 3.19. The first-order chi connectivity index (χ1) is 8.53. The molecule has 1 saturated heterocycles. The van der Waals surface area contributed by atoms with Crippen molar-refractivity contribution in [2.45, 2.75) is 18.9 Å². The summed E-state index contributed by atoms with van der Waals surface area (Å²) in [5.41, 5.74) is -0.665. The number of methoxy groups -OCH3 is 1. The van der Waals surface area contributed by atoms with E-state index in [-0.39, 0.29) is 18.3 Å². The summed E-state index contributed by atoms with van der Waals surface area (Å²) in [6.07, 6.45) is 0.233. The van der Waals surface area contributed by atoms with E-state index in [1.807, 2.05) is 6.92 Å². The SMILES string of the molecule is COc1ccc(C2(C#N)OC(=O)CC2C)cc1Cl. The van der Waals surface area contributed by atoms with Crippen LogP contribution in [0.4, 0.5) is 0 Å². The summed E-state index contributed by atoms with van der Waals surface area (Å²) in [7, 11) is 1.51. The van der Waals surface area contributed by atoms with Gasteiger partial charge in [-0.1, -0.05) is 24.6 Å². The van der Waals surface area contributed by atoms with Gasteiger partial charge in [-0.15, -0.1) is 0 Å². The minimum Gasteiger partial charge on any atom is -0.495 e. The summed E-state index contributed by atoms with van der Waals surface area (Å²) in [5.74, 6) is -0.0547. The van der Waals surface area contributed by atoms with Crippen LogP contribution in [0.1, 0.15) is 18.9 Å². The number of esters is 1. The number of nitriles is 1. The van der Waals surface area contributed by atoms with Crippen molar-refractivity contribution < 1.29 is 14.3 Å². The molecule has 0 radical (unpaired) electrons. The first-order valence-electron chi connectivity index (χ1n) is 5.50. The van der Waals surface area contributed by atoms with E-state index in [2.05, 4.69) is 6.07 Å². The molecule has 0 spiro atoms. The highest BCUT2D eigenvalue weighted by Gasteiger charge is 2.49. The maximum atomic E-state index is 11.4. The lowest BCUT2D eigenvalue weighted by atomic mass is 9.84. The maximum absolute atomic E-state index is 11.4. The Morgan fingerprint density at radius 1 is 1.61 bits per heavy atom. The van der Waals surface area contributed by atoms with Gasteiger partial charge < -0.3 is 9.47 Å². The molecule has 0 saturated carbocycles. The van der Waals surface area contributed by atoms with Gasteiger partial charge in [0.15, 0.2) is 0 Å². The Bertz CT molecular complexity index is 538. The minimum absolute atomic E-state index is 0.209. The van der Waals surface area contributed by atoms with Gasteiger partial charge >= 0.3 is 5.97 Å². The highest BCUT2D eigenvalue weighted by atomic mass is 35.5. The highest BCUT2D eigenvalue weighted by Crippen LogP contribution is 2.42. The van der Waals surface area contributed by atoms with Crippen LogP contribution in [0.15, 0.2) is 18.2 Å². The summed E-state index contributed by atoms with van der Waals surface area (Å²) in [6, 6.07) is 7.07. The van der Waals surface area contributed by atoms with Crippen molar-refractivity contribution in [1.82, 2.24) is 0 Å². The average Bonchev–Trinajstić information content (AvgIpc) is 2.64. The number of hydrogen-bond donors (Lipinski definition) is 0. The Morgan fingerprint density at radius 3 is 2.78 bits per heavy atom. The number of nitrogens with zero attached hydrogens (tertiary/aromatic N) is 1. The van der Waals surface area contributed by atoms with Gasteiger partial charge in [0.2, 0.25) is 5.60 Å². The van der Waals surface area contributed by atoms with Gasteiger partial charge in [-0.3, -0.25) is 4.79 Å². The Kier molecular flexibility index (Phi) is 3.18. The van der Waals surface area contributed by atoms with Crippen molar-refractivity contribution in [1.29, 1.82) is 5.26 Å². The predicted octanol–water partition coefficient (Wildman–Crippen LogP) is 2.65. The molecule has 18 heavy (non-hydrogen) atoms. The Hall–Kier alpha value is -1.73. The fourth-order valence-corrected chi connectivity index (χ4v) is 2.41. The minimum atomic E-state index is -1.24. The van der Waals surface area contributed by atoms with E-state index < -0.39 is 5.60 Å². The lowest BCUT2D eigenvalue weighted by Gasteiger charge is -2.24. The molecular weight excluding hydrogens is 254 g/mol.